The maximum absolute atomic E-state index is 13.7. The molecule has 2 N–H and O–H groups in total. The molecule has 1 aliphatic carbocycles. The van der Waals surface area contributed by atoms with Gasteiger partial charge >= 0.3 is 6.18 Å². The number of halogens is 3. The molecule has 1 aliphatic heterocycles. The Morgan fingerprint density at radius 1 is 1.14 bits per heavy atom. The van der Waals surface area contributed by atoms with Crippen LogP contribution in [0.4, 0.5) is 24.0 Å². The predicted molar refractivity (Wildman–Crippen MR) is 157 cm³/mol. The van der Waals surface area contributed by atoms with Gasteiger partial charge in [-0.2, -0.15) is 13.2 Å². The number of carbonyl (C=O) groups excluding carboxylic acids is 2. The van der Waals surface area contributed by atoms with Crippen LogP contribution in [-0.4, -0.2) is 50.3 Å². The first-order valence-electron chi connectivity index (χ1n) is 13.9. The lowest BCUT2D eigenvalue weighted by atomic mass is 9.96. The van der Waals surface area contributed by atoms with Crippen LogP contribution in [0.25, 0.3) is 21.5 Å². The fraction of sp³-hybridized carbons (Fsp3) is 0.367. The molecule has 4 aromatic rings. The normalized spacial score (nSPS) is 19.0. The number of hydrogen-bond acceptors (Lipinski definition) is 8. The summed E-state index contributed by atoms with van der Waals surface area (Å²) in [7, 11) is 0. The summed E-state index contributed by atoms with van der Waals surface area (Å²) in [5.41, 5.74) is -0.622. The van der Waals surface area contributed by atoms with E-state index in [2.05, 4.69) is 30.5 Å². The summed E-state index contributed by atoms with van der Waals surface area (Å²) in [5, 5.41) is 5.89. The molecule has 1 saturated heterocycles. The summed E-state index contributed by atoms with van der Waals surface area (Å²) in [4.78, 5) is 40.2. The lowest BCUT2D eigenvalue weighted by Gasteiger charge is -2.34. The van der Waals surface area contributed by atoms with Crippen molar-refractivity contribution < 1.29 is 27.5 Å². The summed E-state index contributed by atoms with van der Waals surface area (Å²) in [6.45, 7) is 4.84. The van der Waals surface area contributed by atoms with E-state index < -0.39 is 17.3 Å². The number of nitrogens with one attached hydrogen (secondary N) is 2. The van der Waals surface area contributed by atoms with Crippen molar-refractivity contribution in [1.82, 2.24) is 19.9 Å². The number of para-hydroxylation sites is 1. The summed E-state index contributed by atoms with van der Waals surface area (Å²) < 4.78 is 48.0. The highest BCUT2D eigenvalue weighted by Gasteiger charge is 2.45. The maximum Gasteiger partial charge on any atom is 0.416 e. The Morgan fingerprint density at radius 2 is 1.95 bits per heavy atom. The molecule has 0 spiro atoms. The Morgan fingerprint density at radius 3 is 2.70 bits per heavy atom. The molecule has 2 fully saturated rings. The molecule has 43 heavy (non-hydrogen) atoms. The van der Waals surface area contributed by atoms with Gasteiger partial charge in [0.1, 0.15) is 11.8 Å². The molecular formula is C30H29F3N6O3S. The molecule has 2 aromatic heterocycles. The number of fused-ring (bicyclic) bond motifs is 1. The number of amides is 2. The molecular weight excluding hydrogens is 581 g/mol. The Hall–Kier alpha value is -4.10. The Kier molecular flexibility index (Phi) is 7.55. The van der Waals surface area contributed by atoms with Gasteiger partial charge in [0.2, 0.25) is 17.7 Å². The number of aromatic nitrogens is 3. The molecule has 3 heterocycles. The van der Waals surface area contributed by atoms with E-state index in [4.69, 9.17) is 4.74 Å². The molecule has 2 aromatic carbocycles. The van der Waals surface area contributed by atoms with Gasteiger partial charge in [-0.25, -0.2) is 15.0 Å². The van der Waals surface area contributed by atoms with Crippen LogP contribution in [0.15, 0.2) is 48.8 Å². The van der Waals surface area contributed by atoms with E-state index in [-0.39, 0.29) is 29.1 Å². The fourth-order valence-electron chi connectivity index (χ4n) is 5.35. The Labute approximate surface area is 249 Å². The third kappa shape index (κ3) is 6.18. The van der Waals surface area contributed by atoms with E-state index in [9.17, 15) is 22.8 Å². The molecule has 224 valence electrons. The number of carbonyl (C=O) groups is 2. The second kappa shape index (κ2) is 11.2. The first-order valence-corrected chi connectivity index (χ1v) is 14.8. The zero-order valence-corrected chi connectivity index (χ0v) is 24.3. The predicted octanol–water partition coefficient (Wildman–Crippen LogP) is 6.73. The Balaban J connectivity index is 1.31. The smallest absolute Gasteiger partial charge is 0.416 e. The highest BCUT2D eigenvalue weighted by atomic mass is 32.1. The second-order valence-corrected chi connectivity index (χ2v) is 12.2. The number of nitrogens with zero attached hydrogens (tertiary/aromatic N) is 4. The highest BCUT2D eigenvalue weighted by molar-refractivity contribution is 7.22. The van der Waals surface area contributed by atoms with Crippen molar-refractivity contribution in [1.29, 1.82) is 0 Å². The summed E-state index contributed by atoms with van der Waals surface area (Å²) in [6, 6.07) is 10.0. The van der Waals surface area contributed by atoms with Gasteiger partial charge in [0.25, 0.3) is 0 Å². The second-order valence-electron chi connectivity index (χ2n) is 11.1. The fourth-order valence-corrected chi connectivity index (χ4v) is 6.28. The number of anilines is 2. The summed E-state index contributed by atoms with van der Waals surface area (Å²) in [6.07, 6.45) is 0.381. The van der Waals surface area contributed by atoms with Crippen molar-refractivity contribution in [2.24, 2.45) is 5.92 Å². The maximum atomic E-state index is 13.7. The third-order valence-corrected chi connectivity index (χ3v) is 8.78. The first kappa shape index (κ1) is 29.0. The highest BCUT2D eigenvalue weighted by Crippen LogP contribution is 2.40. The van der Waals surface area contributed by atoms with Gasteiger partial charge in [0, 0.05) is 25.1 Å². The molecule has 0 bridgehead atoms. The van der Waals surface area contributed by atoms with Crippen LogP contribution in [0.2, 0.25) is 0 Å². The molecule has 0 unspecified atom stereocenters. The van der Waals surface area contributed by atoms with Crippen molar-refractivity contribution in [3.05, 3.63) is 54.4 Å². The number of thiazole rings is 1. The largest absolute Gasteiger partial charge is 0.437 e. The van der Waals surface area contributed by atoms with E-state index in [1.54, 1.807) is 12.1 Å². The number of benzene rings is 2. The van der Waals surface area contributed by atoms with E-state index in [0.29, 0.717) is 34.3 Å². The average Bonchev–Trinajstić information content (AvgIpc) is 3.55. The zero-order valence-electron chi connectivity index (χ0n) is 23.5. The quantitative estimate of drug-likeness (QED) is 0.228. The van der Waals surface area contributed by atoms with Gasteiger partial charge in [-0.3, -0.25) is 14.5 Å². The SMILES string of the molecule is CC(=O)Nc1nc2c(Oc3cc(-c4ccc(C(F)(F)F)cc4NC(=O)[C@]4(C)CCCN4CC4CC4)ncn3)cccc2s1. The Bertz CT molecular complexity index is 1710. The number of alkyl halides is 3. The molecule has 1 atom stereocenters. The van der Waals surface area contributed by atoms with Gasteiger partial charge in [0.05, 0.1) is 27.2 Å². The topological polar surface area (TPSA) is 109 Å². The van der Waals surface area contributed by atoms with Crippen molar-refractivity contribution in [3.63, 3.8) is 0 Å². The molecule has 6 rings (SSSR count). The van der Waals surface area contributed by atoms with Crippen LogP contribution >= 0.6 is 11.3 Å². The van der Waals surface area contributed by atoms with Crippen molar-refractivity contribution in [2.45, 2.75) is 51.2 Å². The van der Waals surface area contributed by atoms with Crippen LogP contribution < -0.4 is 15.4 Å². The van der Waals surface area contributed by atoms with E-state index in [0.717, 1.165) is 49.2 Å². The molecule has 9 nitrogen and oxygen atoms in total. The van der Waals surface area contributed by atoms with Crippen LogP contribution in [0.3, 0.4) is 0 Å². The molecule has 13 heteroatoms. The minimum atomic E-state index is -4.60. The molecule has 2 amide bonds. The van der Waals surface area contributed by atoms with Gasteiger partial charge in [-0.15, -0.1) is 0 Å². The molecule has 1 saturated carbocycles. The standard InChI is InChI=1S/C30H29F3N6O3S/c1-17(40)36-28-38-26-23(5-3-6-24(26)43-28)42-25-14-21(34-16-35-25)20-10-9-19(30(31,32)33)13-22(20)37-27(41)29(2)11-4-12-39(29)15-18-7-8-18/h3,5-6,9-10,13-14,16,18H,4,7-8,11-12,15H2,1-2H3,(H,37,41)(H,36,38,40)/t29-/m0/s1. The van der Waals surface area contributed by atoms with Crippen molar-refractivity contribution in [3.8, 4) is 22.9 Å². The van der Waals surface area contributed by atoms with Gasteiger partial charge < -0.3 is 15.4 Å². The van der Waals surface area contributed by atoms with Gasteiger partial charge in [-0.1, -0.05) is 23.5 Å². The number of likely N-dealkylation sites (tertiary alicyclic amines) is 1. The average molecular weight is 611 g/mol. The van der Waals surface area contributed by atoms with Crippen LogP contribution in [0.1, 0.15) is 45.1 Å². The number of ether oxygens (including phenoxy) is 1. The summed E-state index contributed by atoms with van der Waals surface area (Å²) >= 11 is 1.29. The van der Waals surface area contributed by atoms with Crippen molar-refractivity contribution >= 4 is 44.2 Å². The summed E-state index contributed by atoms with van der Waals surface area (Å²) in [5.74, 6) is 0.477. The lowest BCUT2D eigenvalue weighted by Crippen LogP contribution is -2.51. The van der Waals surface area contributed by atoms with E-state index in [1.165, 1.54) is 36.7 Å². The van der Waals surface area contributed by atoms with E-state index >= 15 is 0 Å². The number of rotatable bonds is 8. The molecule has 0 radical (unpaired) electrons. The molecule has 2 aliphatic rings. The lowest BCUT2D eigenvalue weighted by molar-refractivity contribution is -0.137. The number of hydrogen-bond donors (Lipinski definition) is 2. The van der Waals surface area contributed by atoms with Crippen LogP contribution in [0.5, 0.6) is 11.6 Å². The van der Waals surface area contributed by atoms with Gasteiger partial charge in [0.15, 0.2) is 10.9 Å². The minimum absolute atomic E-state index is 0.00511. The minimum Gasteiger partial charge on any atom is -0.437 e. The van der Waals surface area contributed by atoms with Crippen molar-refractivity contribution in [2.75, 3.05) is 23.7 Å². The van der Waals surface area contributed by atoms with Crippen LogP contribution in [0, 0.1) is 5.92 Å². The monoisotopic (exact) mass is 610 g/mol. The van der Waals surface area contributed by atoms with Gasteiger partial charge in [-0.05, 0) is 69.3 Å². The third-order valence-electron chi connectivity index (χ3n) is 7.85. The zero-order chi connectivity index (χ0) is 30.4. The van der Waals surface area contributed by atoms with Crippen LogP contribution in [-0.2, 0) is 15.8 Å². The van der Waals surface area contributed by atoms with E-state index in [1.807, 2.05) is 13.0 Å². The first-order chi connectivity index (χ1) is 20.5.